The first-order valence-corrected chi connectivity index (χ1v) is 13.3. The molecule has 0 radical (unpaired) electrons. The molecule has 2 saturated heterocycles. The molecule has 2 heterocycles. The summed E-state index contributed by atoms with van der Waals surface area (Å²) in [6.45, 7) is 10.4. The van der Waals surface area contributed by atoms with Crippen LogP contribution in [0.5, 0.6) is 0 Å². The van der Waals surface area contributed by atoms with Crippen molar-refractivity contribution >= 4 is 6.03 Å². The number of likely N-dealkylation sites (tertiary alicyclic amines) is 1. The third-order valence-electron chi connectivity index (χ3n) is 8.69. The Labute approximate surface area is 212 Å². The van der Waals surface area contributed by atoms with Gasteiger partial charge in [0, 0.05) is 63.3 Å². The van der Waals surface area contributed by atoms with Gasteiger partial charge in [0.15, 0.2) is 0 Å². The first-order chi connectivity index (χ1) is 17.0. The van der Waals surface area contributed by atoms with Gasteiger partial charge in [0.2, 0.25) is 0 Å². The van der Waals surface area contributed by atoms with Crippen LogP contribution >= 0.6 is 0 Å². The number of piperidine rings is 1. The van der Waals surface area contributed by atoms with E-state index in [2.05, 4.69) is 35.9 Å². The zero-order valence-corrected chi connectivity index (χ0v) is 21.7. The molecule has 1 aliphatic carbocycles. The molecule has 1 aromatic rings. The summed E-state index contributed by atoms with van der Waals surface area (Å²) in [7, 11) is 0. The maximum Gasteiger partial charge on any atom is 0.317 e. The summed E-state index contributed by atoms with van der Waals surface area (Å²) < 4.78 is 56.1. The quantitative estimate of drug-likeness (QED) is 0.547. The van der Waals surface area contributed by atoms with Gasteiger partial charge in [-0.1, -0.05) is 31.2 Å². The number of rotatable bonds is 5. The predicted molar refractivity (Wildman–Crippen MR) is 133 cm³/mol. The van der Waals surface area contributed by atoms with Gasteiger partial charge in [0.25, 0.3) is 12.3 Å². The number of benzene rings is 1. The summed E-state index contributed by atoms with van der Waals surface area (Å²) in [6.07, 6.45) is -0.284. The van der Waals surface area contributed by atoms with E-state index in [0.717, 1.165) is 31.7 Å². The number of piperazine rings is 1. The van der Waals surface area contributed by atoms with E-state index in [9.17, 15) is 13.6 Å². The van der Waals surface area contributed by atoms with Crippen molar-refractivity contribution in [3.05, 3.63) is 35.4 Å². The SMILES string of the molecule is CC(C)N1CCN(C2CCCC(F)(F)C2NC(=O)N2CCC(C)(c3ccc(C(F)F)cc3)CC2)CC1. The van der Waals surface area contributed by atoms with Crippen molar-refractivity contribution in [3.63, 3.8) is 0 Å². The fourth-order valence-electron chi connectivity index (χ4n) is 6.08. The molecule has 2 aliphatic heterocycles. The smallest absolute Gasteiger partial charge is 0.317 e. The molecule has 4 rings (SSSR count). The molecule has 0 bridgehead atoms. The molecule has 2 unspecified atom stereocenters. The Hall–Kier alpha value is -1.87. The lowest BCUT2D eigenvalue weighted by Crippen LogP contribution is -2.66. The Morgan fingerprint density at radius 2 is 1.58 bits per heavy atom. The highest BCUT2D eigenvalue weighted by molar-refractivity contribution is 5.75. The summed E-state index contributed by atoms with van der Waals surface area (Å²) in [5.41, 5.74) is 0.712. The van der Waals surface area contributed by atoms with Crippen molar-refractivity contribution in [1.82, 2.24) is 20.0 Å². The first-order valence-electron chi connectivity index (χ1n) is 13.3. The molecule has 1 aromatic carbocycles. The van der Waals surface area contributed by atoms with Crippen LogP contribution in [0.1, 0.15) is 70.4 Å². The molecule has 2 atom stereocenters. The summed E-state index contributed by atoms with van der Waals surface area (Å²) in [5.74, 6) is -2.94. The van der Waals surface area contributed by atoms with Crippen LogP contribution in [0.25, 0.3) is 0 Å². The molecule has 202 valence electrons. The predicted octanol–water partition coefficient (Wildman–Crippen LogP) is 5.27. The van der Waals surface area contributed by atoms with E-state index >= 15 is 8.78 Å². The Kier molecular flexibility index (Phi) is 8.19. The second-order valence-corrected chi connectivity index (χ2v) is 11.3. The normalized spacial score (nSPS) is 27.4. The van der Waals surface area contributed by atoms with Gasteiger partial charge in [-0.15, -0.1) is 0 Å². The van der Waals surface area contributed by atoms with E-state index in [1.54, 1.807) is 17.0 Å². The number of urea groups is 1. The summed E-state index contributed by atoms with van der Waals surface area (Å²) >= 11 is 0. The molecule has 1 saturated carbocycles. The summed E-state index contributed by atoms with van der Waals surface area (Å²) in [5, 5.41) is 2.75. The largest absolute Gasteiger partial charge is 0.328 e. The maximum absolute atomic E-state index is 15.1. The van der Waals surface area contributed by atoms with Gasteiger partial charge in [0.1, 0.15) is 6.04 Å². The Balaban J connectivity index is 1.38. The highest BCUT2D eigenvalue weighted by Crippen LogP contribution is 2.38. The van der Waals surface area contributed by atoms with Crippen LogP contribution in [0.15, 0.2) is 24.3 Å². The Morgan fingerprint density at radius 3 is 2.14 bits per heavy atom. The number of halogens is 4. The molecule has 1 N–H and O–H groups in total. The molecule has 3 aliphatic rings. The topological polar surface area (TPSA) is 38.8 Å². The van der Waals surface area contributed by atoms with Gasteiger partial charge >= 0.3 is 6.03 Å². The van der Waals surface area contributed by atoms with Crippen molar-refractivity contribution < 1.29 is 22.4 Å². The van der Waals surface area contributed by atoms with Crippen LogP contribution in [0.2, 0.25) is 0 Å². The van der Waals surface area contributed by atoms with Gasteiger partial charge < -0.3 is 10.2 Å². The van der Waals surface area contributed by atoms with E-state index in [1.807, 2.05) is 0 Å². The average Bonchev–Trinajstić information content (AvgIpc) is 2.85. The van der Waals surface area contributed by atoms with E-state index in [4.69, 9.17) is 0 Å². The minimum Gasteiger partial charge on any atom is -0.328 e. The van der Waals surface area contributed by atoms with Crippen molar-refractivity contribution in [1.29, 1.82) is 0 Å². The molecular formula is C27H40F4N4O. The fourth-order valence-corrected chi connectivity index (χ4v) is 6.08. The highest BCUT2D eigenvalue weighted by Gasteiger charge is 2.50. The van der Waals surface area contributed by atoms with Gasteiger partial charge in [-0.25, -0.2) is 22.4 Å². The second-order valence-electron chi connectivity index (χ2n) is 11.3. The number of alkyl halides is 4. The molecule has 5 nitrogen and oxygen atoms in total. The number of carbonyl (C=O) groups excluding carboxylic acids is 1. The monoisotopic (exact) mass is 512 g/mol. The molecule has 3 fully saturated rings. The minimum absolute atomic E-state index is 0.00672. The Bertz CT molecular complexity index is 878. The van der Waals surface area contributed by atoms with E-state index in [0.29, 0.717) is 44.8 Å². The fraction of sp³-hybridized carbons (Fsp3) is 0.741. The van der Waals surface area contributed by atoms with Crippen LogP contribution in [0.3, 0.4) is 0 Å². The van der Waals surface area contributed by atoms with Crippen LogP contribution in [-0.2, 0) is 5.41 Å². The second kappa shape index (κ2) is 10.9. The van der Waals surface area contributed by atoms with Crippen LogP contribution in [-0.4, -0.2) is 84.0 Å². The minimum atomic E-state index is -2.94. The number of amides is 2. The lowest BCUT2D eigenvalue weighted by molar-refractivity contribution is -0.0973. The molecule has 0 spiro atoms. The highest BCUT2D eigenvalue weighted by atomic mass is 19.3. The van der Waals surface area contributed by atoms with Gasteiger partial charge in [-0.3, -0.25) is 9.80 Å². The average molecular weight is 513 g/mol. The molecule has 0 aromatic heterocycles. The molecule has 2 amide bonds. The van der Waals surface area contributed by atoms with Crippen molar-refractivity contribution in [2.45, 2.75) is 88.8 Å². The number of carbonyl (C=O) groups is 1. The standard InChI is InChI=1S/C27H40F4N4O/c1-19(2)33-15-17-34(18-16-33)22-5-4-10-27(30,31)23(22)32-25(36)35-13-11-26(3,12-14-35)21-8-6-20(7-9-21)24(28)29/h6-9,19,22-24H,4-5,10-18H2,1-3H3,(H,32,36). The zero-order chi connectivity index (χ0) is 26.1. The maximum atomic E-state index is 15.1. The van der Waals surface area contributed by atoms with E-state index in [1.165, 1.54) is 12.1 Å². The van der Waals surface area contributed by atoms with Crippen LogP contribution in [0, 0.1) is 0 Å². The van der Waals surface area contributed by atoms with Crippen molar-refractivity contribution in [2.75, 3.05) is 39.3 Å². The van der Waals surface area contributed by atoms with Gasteiger partial charge in [-0.2, -0.15) is 0 Å². The number of hydrogen-bond donors (Lipinski definition) is 1. The van der Waals surface area contributed by atoms with Crippen molar-refractivity contribution in [3.8, 4) is 0 Å². The third kappa shape index (κ3) is 5.82. The number of hydrogen-bond acceptors (Lipinski definition) is 3. The lowest BCUT2D eigenvalue weighted by atomic mass is 9.74. The lowest BCUT2D eigenvalue weighted by Gasteiger charge is -2.48. The van der Waals surface area contributed by atoms with Gasteiger partial charge in [-0.05, 0) is 50.5 Å². The Morgan fingerprint density at radius 1 is 0.972 bits per heavy atom. The number of nitrogens with zero attached hydrogens (tertiary/aromatic N) is 3. The molecule has 9 heteroatoms. The van der Waals surface area contributed by atoms with E-state index < -0.39 is 24.4 Å². The van der Waals surface area contributed by atoms with Crippen LogP contribution < -0.4 is 5.32 Å². The molecule has 36 heavy (non-hydrogen) atoms. The molecular weight excluding hydrogens is 472 g/mol. The van der Waals surface area contributed by atoms with Gasteiger partial charge in [0.05, 0.1) is 0 Å². The van der Waals surface area contributed by atoms with Crippen molar-refractivity contribution in [2.24, 2.45) is 0 Å². The zero-order valence-electron chi connectivity index (χ0n) is 21.7. The van der Waals surface area contributed by atoms with Crippen LogP contribution in [0.4, 0.5) is 22.4 Å². The summed E-state index contributed by atoms with van der Waals surface area (Å²) in [4.78, 5) is 19.3. The first kappa shape index (κ1) is 27.2. The van der Waals surface area contributed by atoms with E-state index in [-0.39, 0.29) is 23.4 Å². The third-order valence-corrected chi connectivity index (χ3v) is 8.69. The summed E-state index contributed by atoms with van der Waals surface area (Å²) in [6, 6.07) is 4.83. The number of nitrogens with one attached hydrogen (secondary N) is 1.